The average molecular weight is 265 g/mol. The first-order valence-corrected chi connectivity index (χ1v) is 8.36. The van der Waals surface area contributed by atoms with Crippen molar-refractivity contribution in [3.63, 3.8) is 0 Å². The number of fused-ring (bicyclic) bond motifs is 2. The van der Waals surface area contributed by atoms with E-state index in [2.05, 4.69) is 4.90 Å². The van der Waals surface area contributed by atoms with Crippen molar-refractivity contribution in [3.05, 3.63) is 0 Å². The second-order valence-electron chi connectivity index (χ2n) is 7.38. The maximum atomic E-state index is 9.88. The fraction of sp³-hybridized carbons (Fsp3) is 1.00. The van der Waals surface area contributed by atoms with Gasteiger partial charge >= 0.3 is 0 Å². The molecule has 4 aliphatic rings. The number of aliphatic hydroxyl groups is 1. The molecule has 3 heterocycles. The summed E-state index contributed by atoms with van der Waals surface area (Å²) in [4.78, 5) is 2.67. The molecule has 3 nitrogen and oxygen atoms in total. The minimum absolute atomic E-state index is 0.0422. The summed E-state index contributed by atoms with van der Waals surface area (Å²) >= 11 is 0. The molecule has 4 fully saturated rings. The van der Waals surface area contributed by atoms with Crippen molar-refractivity contribution < 1.29 is 9.84 Å². The predicted molar refractivity (Wildman–Crippen MR) is 74.1 cm³/mol. The average Bonchev–Trinajstić information content (AvgIpc) is 3.05. The topological polar surface area (TPSA) is 32.7 Å². The molecular formula is C16H27NO2. The van der Waals surface area contributed by atoms with E-state index in [1.54, 1.807) is 0 Å². The Labute approximate surface area is 116 Å². The molecule has 0 aromatic rings. The third-order valence-electron chi connectivity index (χ3n) is 6.13. The van der Waals surface area contributed by atoms with E-state index in [1.165, 1.54) is 51.4 Å². The third kappa shape index (κ3) is 2.24. The first-order valence-electron chi connectivity index (χ1n) is 8.36. The van der Waals surface area contributed by atoms with Crippen molar-refractivity contribution in [1.29, 1.82) is 0 Å². The number of hydrogen-bond donors (Lipinski definition) is 1. The maximum Gasteiger partial charge on any atom is 0.0710 e. The molecule has 3 atom stereocenters. The largest absolute Gasteiger partial charge is 0.393 e. The van der Waals surface area contributed by atoms with E-state index in [0.29, 0.717) is 18.2 Å². The molecule has 19 heavy (non-hydrogen) atoms. The van der Waals surface area contributed by atoms with E-state index >= 15 is 0 Å². The van der Waals surface area contributed by atoms with Gasteiger partial charge in [-0.3, -0.25) is 4.90 Å². The third-order valence-corrected chi connectivity index (χ3v) is 6.13. The van der Waals surface area contributed by atoms with Gasteiger partial charge in [0.25, 0.3) is 0 Å². The summed E-state index contributed by atoms with van der Waals surface area (Å²) in [5, 5.41) is 9.88. The molecular weight excluding hydrogens is 238 g/mol. The highest BCUT2D eigenvalue weighted by Crippen LogP contribution is 2.44. The van der Waals surface area contributed by atoms with Crippen LogP contribution in [0.25, 0.3) is 0 Å². The molecule has 1 N–H and O–H groups in total. The van der Waals surface area contributed by atoms with Gasteiger partial charge in [0.1, 0.15) is 0 Å². The minimum Gasteiger partial charge on any atom is -0.393 e. The maximum absolute atomic E-state index is 9.88. The van der Waals surface area contributed by atoms with E-state index in [4.69, 9.17) is 4.74 Å². The summed E-state index contributed by atoms with van der Waals surface area (Å²) < 4.78 is 6.46. The van der Waals surface area contributed by atoms with E-state index in [1.807, 2.05) is 0 Å². The monoisotopic (exact) mass is 265 g/mol. The number of aliphatic hydroxyl groups excluding tert-OH is 1. The first kappa shape index (κ1) is 12.6. The van der Waals surface area contributed by atoms with Crippen LogP contribution in [0, 0.1) is 0 Å². The molecule has 0 amide bonds. The van der Waals surface area contributed by atoms with E-state index in [0.717, 1.165) is 19.4 Å². The van der Waals surface area contributed by atoms with Gasteiger partial charge in [-0.05, 0) is 51.4 Å². The zero-order valence-corrected chi connectivity index (χ0v) is 11.9. The molecule has 0 aromatic heterocycles. The number of nitrogens with zero attached hydrogens (tertiary/aromatic N) is 1. The molecule has 0 aromatic carbocycles. The van der Waals surface area contributed by atoms with E-state index in [-0.39, 0.29) is 11.7 Å². The number of piperidine rings is 1. The van der Waals surface area contributed by atoms with Gasteiger partial charge in [-0.25, -0.2) is 0 Å². The van der Waals surface area contributed by atoms with Crippen molar-refractivity contribution in [2.24, 2.45) is 0 Å². The fourth-order valence-corrected chi connectivity index (χ4v) is 5.19. The number of rotatable bonds is 2. The van der Waals surface area contributed by atoms with Crippen LogP contribution >= 0.6 is 0 Å². The van der Waals surface area contributed by atoms with Crippen molar-refractivity contribution in [3.8, 4) is 0 Å². The standard InChI is InChI=1S/C16H27NO2/c18-14-9-12-3-4-13(10-14)17(12)11-15-5-8-16(19-15)6-1-2-7-16/h12-15,18H,1-11H2. The summed E-state index contributed by atoms with van der Waals surface area (Å²) in [5.74, 6) is 0. The Hall–Kier alpha value is -0.120. The van der Waals surface area contributed by atoms with Crippen molar-refractivity contribution in [2.45, 2.75) is 94.1 Å². The normalized spacial score (nSPS) is 45.3. The minimum atomic E-state index is -0.0422. The Morgan fingerprint density at radius 1 is 1.00 bits per heavy atom. The summed E-state index contributed by atoms with van der Waals surface area (Å²) in [6.45, 7) is 1.13. The molecule has 4 rings (SSSR count). The van der Waals surface area contributed by atoms with E-state index in [9.17, 15) is 5.11 Å². The zero-order chi connectivity index (χ0) is 12.9. The second kappa shape index (κ2) is 4.71. The predicted octanol–water partition coefficient (Wildman–Crippen LogP) is 2.47. The van der Waals surface area contributed by atoms with Crippen LogP contribution in [0.1, 0.15) is 64.2 Å². The zero-order valence-electron chi connectivity index (χ0n) is 11.9. The van der Waals surface area contributed by atoms with Crippen LogP contribution in [0.4, 0.5) is 0 Å². The molecule has 1 aliphatic carbocycles. The summed E-state index contributed by atoms with van der Waals surface area (Å²) in [6, 6.07) is 1.27. The molecule has 1 spiro atoms. The smallest absolute Gasteiger partial charge is 0.0710 e. The molecule has 3 unspecified atom stereocenters. The van der Waals surface area contributed by atoms with Gasteiger partial charge in [0.05, 0.1) is 17.8 Å². The number of hydrogen-bond acceptors (Lipinski definition) is 3. The Balaban J connectivity index is 1.38. The lowest BCUT2D eigenvalue weighted by Gasteiger charge is -2.38. The molecule has 1 saturated carbocycles. The van der Waals surface area contributed by atoms with Gasteiger partial charge in [0.15, 0.2) is 0 Å². The highest BCUT2D eigenvalue weighted by molar-refractivity contribution is 4.98. The second-order valence-corrected chi connectivity index (χ2v) is 7.38. The highest BCUT2D eigenvalue weighted by atomic mass is 16.5. The quantitative estimate of drug-likeness (QED) is 0.832. The first-order chi connectivity index (χ1) is 9.24. The molecule has 0 radical (unpaired) electrons. The summed E-state index contributed by atoms with van der Waals surface area (Å²) in [7, 11) is 0. The van der Waals surface area contributed by atoms with Gasteiger partial charge in [0.2, 0.25) is 0 Å². The van der Waals surface area contributed by atoms with Gasteiger partial charge in [0, 0.05) is 18.6 Å². The van der Waals surface area contributed by atoms with Crippen LogP contribution in [-0.2, 0) is 4.74 Å². The lowest BCUT2D eigenvalue weighted by Crippen LogP contribution is -2.48. The van der Waals surface area contributed by atoms with Crippen LogP contribution in [0.2, 0.25) is 0 Å². The molecule has 108 valence electrons. The lowest BCUT2D eigenvalue weighted by atomic mass is 9.97. The van der Waals surface area contributed by atoms with Gasteiger partial charge in [-0.2, -0.15) is 0 Å². The Morgan fingerprint density at radius 3 is 2.37 bits per heavy atom. The van der Waals surface area contributed by atoms with Crippen LogP contribution in [0.15, 0.2) is 0 Å². The van der Waals surface area contributed by atoms with Crippen LogP contribution < -0.4 is 0 Å². The van der Waals surface area contributed by atoms with Crippen molar-refractivity contribution in [2.75, 3.05) is 6.54 Å². The molecule has 2 bridgehead atoms. The van der Waals surface area contributed by atoms with Crippen LogP contribution in [0.3, 0.4) is 0 Å². The summed E-state index contributed by atoms with van der Waals surface area (Å²) in [6.07, 6.45) is 12.9. The van der Waals surface area contributed by atoms with Gasteiger partial charge < -0.3 is 9.84 Å². The Kier molecular flexibility index (Phi) is 3.13. The Bertz CT molecular complexity index is 326. The molecule has 3 saturated heterocycles. The van der Waals surface area contributed by atoms with Crippen LogP contribution in [-0.4, -0.2) is 46.4 Å². The number of ether oxygens (including phenoxy) is 1. The molecule has 3 heteroatoms. The Morgan fingerprint density at radius 2 is 1.68 bits per heavy atom. The fourth-order valence-electron chi connectivity index (χ4n) is 5.19. The van der Waals surface area contributed by atoms with Crippen LogP contribution in [0.5, 0.6) is 0 Å². The van der Waals surface area contributed by atoms with Gasteiger partial charge in [-0.1, -0.05) is 12.8 Å². The van der Waals surface area contributed by atoms with Crippen molar-refractivity contribution in [1.82, 2.24) is 4.90 Å². The SMILES string of the molecule is OC1CC2CCC(C1)N2CC1CCC2(CCCC2)O1. The highest BCUT2D eigenvalue weighted by Gasteiger charge is 2.45. The molecule has 3 aliphatic heterocycles. The van der Waals surface area contributed by atoms with E-state index < -0.39 is 0 Å². The van der Waals surface area contributed by atoms with Crippen molar-refractivity contribution >= 4 is 0 Å². The lowest BCUT2D eigenvalue weighted by molar-refractivity contribution is -0.0623. The summed E-state index contributed by atoms with van der Waals surface area (Å²) in [5.41, 5.74) is 0.277. The van der Waals surface area contributed by atoms with Gasteiger partial charge in [-0.15, -0.1) is 0 Å².